The summed E-state index contributed by atoms with van der Waals surface area (Å²) in [5.74, 6) is 1.70. The highest BCUT2D eigenvalue weighted by molar-refractivity contribution is 5.91. The van der Waals surface area contributed by atoms with Gasteiger partial charge in [-0.25, -0.2) is 0 Å². The van der Waals surface area contributed by atoms with Crippen LogP contribution in [0.5, 0.6) is 0 Å². The van der Waals surface area contributed by atoms with Crippen LogP contribution < -0.4 is 0 Å². The molecule has 0 aromatic rings. The third-order valence-corrected chi connectivity index (χ3v) is 8.89. The molecule has 27 heavy (non-hydrogen) atoms. The standard InChI is InChI=1S/C23H34O4/c1-13(27-14(2)24)18-7-8-19-17-6-5-15-11-16(25)9-10-22(15,3)21(17)20(26)12-23(18,19)4/h11,13,17-21,26H,5-10,12H2,1-4H3/t13-,17+,18-,19+,20-,21-,22-,23+/m0/s1. The Hall–Kier alpha value is -1.16. The molecule has 4 aliphatic carbocycles. The molecule has 0 aromatic heterocycles. The molecule has 8 atom stereocenters. The van der Waals surface area contributed by atoms with Crippen molar-refractivity contribution in [2.24, 2.45) is 34.5 Å². The summed E-state index contributed by atoms with van der Waals surface area (Å²) < 4.78 is 5.57. The molecule has 0 unspecified atom stereocenters. The van der Waals surface area contributed by atoms with Crippen LogP contribution in [0.2, 0.25) is 0 Å². The highest BCUT2D eigenvalue weighted by atomic mass is 16.5. The van der Waals surface area contributed by atoms with Crippen molar-refractivity contribution in [2.45, 2.75) is 84.8 Å². The summed E-state index contributed by atoms with van der Waals surface area (Å²) in [6.45, 7) is 8.12. The number of ether oxygens (including phenoxy) is 1. The molecule has 0 bridgehead atoms. The SMILES string of the molecule is CC(=O)O[C@@H](C)[C@@H]1CC[C@@H]2[C@H]3CCC4=CC(=O)CC[C@]4(C)[C@@H]3[C@@H](O)C[C@@]21C. The molecule has 1 N–H and O–H groups in total. The van der Waals surface area contributed by atoms with Gasteiger partial charge in [0.2, 0.25) is 0 Å². The van der Waals surface area contributed by atoms with Gasteiger partial charge in [0.1, 0.15) is 6.10 Å². The van der Waals surface area contributed by atoms with Crippen LogP contribution in [0.15, 0.2) is 11.6 Å². The van der Waals surface area contributed by atoms with E-state index < -0.39 is 0 Å². The number of hydrogen-bond donors (Lipinski definition) is 1. The molecule has 0 spiro atoms. The summed E-state index contributed by atoms with van der Waals surface area (Å²) in [7, 11) is 0. The van der Waals surface area contributed by atoms with Crippen LogP contribution >= 0.6 is 0 Å². The minimum Gasteiger partial charge on any atom is -0.463 e. The van der Waals surface area contributed by atoms with Crippen LogP contribution in [0.4, 0.5) is 0 Å². The predicted molar refractivity (Wildman–Crippen MR) is 103 cm³/mol. The fourth-order valence-electron chi connectivity index (χ4n) is 7.84. The summed E-state index contributed by atoms with van der Waals surface area (Å²) in [6, 6.07) is 0. The van der Waals surface area contributed by atoms with Gasteiger partial charge in [-0.3, -0.25) is 9.59 Å². The fourth-order valence-corrected chi connectivity index (χ4v) is 7.84. The monoisotopic (exact) mass is 374 g/mol. The smallest absolute Gasteiger partial charge is 0.302 e. The summed E-state index contributed by atoms with van der Waals surface area (Å²) >= 11 is 0. The fraction of sp³-hybridized carbons (Fsp3) is 0.826. The number of rotatable bonds is 2. The first-order valence-corrected chi connectivity index (χ1v) is 10.8. The molecule has 150 valence electrons. The largest absolute Gasteiger partial charge is 0.463 e. The van der Waals surface area contributed by atoms with Crippen molar-refractivity contribution in [3.8, 4) is 0 Å². The van der Waals surface area contributed by atoms with E-state index >= 15 is 0 Å². The maximum atomic E-state index is 12.0. The molecule has 4 rings (SSSR count). The number of fused-ring (bicyclic) bond motifs is 5. The number of hydrogen-bond acceptors (Lipinski definition) is 4. The van der Waals surface area contributed by atoms with Gasteiger partial charge in [0.15, 0.2) is 5.78 Å². The Morgan fingerprint density at radius 3 is 2.70 bits per heavy atom. The number of ketones is 1. The molecular formula is C23H34O4. The molecule has 3 fully saturated rings. The molecule has 0 aliphatic heterocycles. The van der Waals surface area contributed by atoms with Gasteiger partial charge in [-0.15, -0.1) is 0 Å². The highest BCUT2D eigenvalue weighted by Crippen LogP contribution is 2.67. The van der Waals surface area contributed by atoms with E-state index in [2.05, 4.69) is 13.8 Å². The van der Waals surface area contributed by atoms with Crippen molar-refractivity contribution in [3.63, 3.8) is 0 Å². The third-order valence-electron chi connectivity index (χ3n) is 8.89. The topological polar surface area (TPSA) is 63.6 Å². The Morgan fingerprint density at radius 2 is 2.00 bits per heavy atom. The van der Waals surface area contributed by atoms with Gasteiger partial charge in [0.25, 0.3) is 0 Å². The van der Waals surface area contributed by atoms with Crippen molar-refractivity contribution >= 4 is 11.8 Å². The predicted octanol–water partition coefficient (Wildman–Crippen LogP) is 4.06. The van der Waals surface area contributed by atoms with Gasteiger partial charge in [0, 0.05) is 19.3 Å². The molecule has 0 saturated heterocycles. The minimum absolute atomic E-state index is 0.0253. The van der Waals surface area contributed by atoms with Crippen molar-refractivity contribution < 1.29 is 19.4 Å². The lowest BCUT2D eigenvalue weighted by molar-refractivity contribution is -0.159. The molecule has 4 heteroatoms. The Labute approximate surface area is 162 Å². The highest BCUT2D eigenvalue weighted by Gasteiger charge is 2.62. The average Bonchev–Trinajstić information content (AvgIpc) is 2.91. The van der Waals surface area contributed by atoms with Crippen molar-refractivity contribution in [2.75, 3.05) is 0 Å². The number of aliphatic hydroxyl groups is 1. The number of carbonyl (C=O) groups excluding carboxylic acids is 2. The lowest BCUT2D eigenvalue weighted by Crippen LogP contribution is -2.57. The summed E-state index contributed by atoms with van der Waals surface area (Å²) in [4.78, 5) is 23.4. The zero-order chi connectivity index (χ0) is 19.6. The van der Waals surface area contributed by atoms with Crippen LogP contribution in [-0.4, -0.2) is 29.1 Å². The summed E-state index contributed by atoms with van der Waals surface area (Å²) in [6.07, 6.45) is 8.03. The summed E-state index contributed by atoms with van der Waals surface area (Å²) in [5, 5.41) is 11.3. The maximum Gasteiger partial charge on any atom is 0.302 e. The van der Waals surface area contributed by atoms with Crippen LogP contribution in [0.25, 0.3) is 0 Å². The van der Waals surface area contributed by atoms with E-state index in [0.717, 1.165) is 38.5 Å². The number of aliphatic hydroxyl groups excluding tert-OH is 1. The molecule has 4 aliphatic rings. The van der Waals surface area contributed by atoms with Gasteiger partial charge in [-0.2, -0.15) is 0 Å². The van der Waals surface area contributed by atoms with E-state index in [0.29, 0.717) is 24.2 Å². The lowest BCUT2D eigenvalue weighted by Gasteiger charge is -2.60. The second-order valence-electron chi connectivity index (χ2n) is 10.2. The van der Waals surface area contributed by atoms with E-state index in [9.17, 15) is 14.7 Å². The number of allylic oxidation sites excluding steroid dienone is 1. The van der Waals surface area contributed by atoms with Crippen LogP contribution in [0, 0.1) is 34.5 Å². The molecule has 4 nitrogen and oxygen atoms in total. The Balaban J connectivity index is 1.64. The van der Waals surface area contributed by atoms with Gasteiger partial charge >= 0.3 is 5.97 Å². The van der Waals surface area contributed by atoms with E-state index in [-0.39, 0.29) is 40.7 Å². The van der Waals surface area contributed by atoms with Gasteiger partial charge in [-0.1, -0.05) is 19.4 Å². The van der Waals surface area contributed by atoms with Gasteiger partial charge in [0.05, 0.1) is 6.10 Å². The zero-order valence-electron chi connectivity index (χ0n) is 17.2. The first-order valence-electron chi connectivity index (χ1n) is 10.8. The van der Waals surface area contributed by atoms with Crippen molar-refractivity contribution in [1.82, 2.24) is 0 Å². The minimum atomic E-state index is -0.344. The lowest BCUT2D eigenvalue weighted by atomic mass is 9.46. The average molecular weight is 375 g/mol. The Kier molecular flexibility index (Phi) is 4.57. The van der Waals surface area contributed by atoms with E-state index in [1.165, 1.54) is 12.5 Å². The first kappa shape index (κ1) is 19.2. The van der Waals surface area contributed by atoms with Gasteiger partial charge < -0.3 is 9.84 Å². The van der Waals surface area contributed by atoms with E-state index in [1.54, 1.807) is 0 Å². The van der Waals surface area contributed by atoms with Crippen LogP contribution in [0.1, 0.15) is 72.6 Å². The van der Waals surface area contributed by atoms with Gasteiger partial charge in [-0.05, 0) is 80.1 Å². The normalized spacial score (nSPS) is 47.4. The number of esters is 1. The third kappa shape index (κ3) is 2.82. The Morgan fingerprint density at radius 1 is 1.26 bits per heavy atom. The van der Waals surface area contributed by atoms with Crippen molar-refractivity contribution in [1.29, 1.82) is 0 Å². The molecular weight excluding hydrogens is 340 g/mol. The van der Waals surface area contributed by atoms with E-state index in [1.807, 2.05) is 13.0 Å². The Bertz CT molecular complexity index is 682. The first-order chi connectivity index (χ1) is 12.7. The quantitative estimate of drug-likeness (QED) is 0.741. The second kappa shape index (κ2) is 6.43. The molecule has 3 saturated carbocycles. The summed E-state index contributed by atoms with van der Waals surface area (Å²) in [5.41, 5.74) is 1.28. The molecule has 0 radical (unpaired) electrons. The molecule has 0 heterocycles. The molecule has 0 aromatic carbocycles. The van der Waals surface area contributed by atoms with Crippen LogP contribution in [0.3, 0.4) is 0 Å². The maximum absolute atomic E-state index is 12.0. The van der Waals surface area contributed by atoms with E-state index in [4.69, 9.17) is 4.74 Å². The zero-order valence-corrected chi connectivity index (χ0v) is 17.2. The second-order valence-corrected chi connectivity index (χ2v) is 10.2. The number of carbonyl (C=O) groups is 2. The molecule has 0 amide bonds. The van der Waals surface area contributed by atoms with Crippen LogP contribution in [-0.2, 0) is 14.3 Å². The van der Waals surface area contributed by atoms with Crippen molar-refractivity contribution in [3.05, 3.63) is 11.6 Å².